The van der Waals surface area contributed by atoms with Crippen molar-refractivity contribution in [2.75, 3.05) is 26.2 Å². The van der Waals surface area contributed by atoms with E-state index >= 15 is 0 Å². The summed E-state index contributed by atoms with van der Waals surface area (Å²) in [5, 5.41) is 9.85. The molecule has 1 unspecified atom stereocenters. The van der Waals surface area contributed by atoms with E-state index in [1.165, 1.54) is 37.2 Å². The van der Waals surface area contributed by atoms with Crippen LogP contribution >= 0.6 is 0 Å². The van der Waals surface area contributed by atoms with E-state index in [4.69, 9.17) is 0 Å². The second-order valence-electron chi connectivity index (χ2n) is 6.89. The number of nitrogens with one attached hydrogen (secondary N) is 2. The van der Waals surface area contributed by atoms with Crippen molar-refractivity contribution in [3.05, 3.63) is 17.5 Å². The highest BCUT2D eigenvalue weighted by Crippen LogP contribution is 2.30. The van der Waals surface area contributed by atoms with Crippen molar-refractivity contribution in [3.63, 3.8) is 0 Å². The third-order valence-electron chi connectivity index (χ3n) is 4.84. The SMILES string of the molecule is CCNC(=NCc1cn(C)nc1C(F)(F)F)NCCN1CCCCC1CC. The van der Waals surface area contributed by atoms with Gasteiger partial charge in [0, 0.05) is 44.5 Å². The van der Waals surface area contributed by atoms with Gasteiger partial charge < -0.3 is 10.6 Å². The highest BCUT2D eigenvalue weighted by Gasteiger charge is 2.36. The van der Waals surface area contributed by atoms with E-state index in [2.05, 4.69) is 32.5 Å². The number of hydrogen-bond donors (Lipinski definition) is 2. The maximum Gasteiger partial charge on any atom is 0.435 e. The molecule has 1 aliphatic heterocycles. The fourth-order valence-corrected chi connectivity index (χ4v) is 3.53. The number of aromatic nitrogens is 2. The van der Waals surface area contributed by atoms with Crippen LogP contribution in [-0.2, 0) is 19.8 Å². The Morgan fingerprint density at radius 2 is 2.07 bits per heavy atom. The van der Waals surface area contributed by atoms with Crippen LogP contribution in [0.5, 0.6) is 0 Å². The first-order valence-electron chi connectivity index (χ1n) is 9.71. The maximum atomic E-state index is 13.1. The monoisotopic (exact) mass is 388 g/mol. The highest BCUT2D eigenvalue weighted by atomic mass is 19.4. The van der Waals surface area contributed by atoms with E-state index in [0.717, 1.165) is 19.5 Å². The first-order valence-corrected chi connectivity index (χ1v) is 9.71. The number of nitrogens with zero attached hydrogens (tertiary/aromatic N) is 4. The van der Waals surface area contributed by atoms with Crippen LogP contribution in [0.25, 0.3) is 0 Å². The van der Waals surface area contributed by atoms with Gasteiger partial charge in [0.05, 0.1) is 6.54 Å². The Morgan fingerprint density at radius 1 is 1.30 bits per heavy atom. The second kappa shape index (κ2) is 9.96. The number of aliphatic imine (C=N–C) groups is 1. The minimum atomic E-state index is -4.47. The summed E-state index contributed by atoms with van der Waals surface area (Å²) in [4.78, 5) is 6.80. The maximum absolute atomic E-state index is 13.1. The third-order valence-corrected chi connectivity index (χ3v) is 4.84. The lowest BCUT2D eigenvalue weighted by Gasteiger charge is -2.35. The van der Waals surface area contributed by atoms with Crippen molar-refractivity contribution >= 4 is 5.96 Å². The molecule has 2 heterocycles. The molecule has 1 fully saturated rings. The summed E-state index contributed by atoms with van der Waals surface area (Å²) in [7, 11) is 1.48. The summed E-state index contributed by atoms with van der Waals surface area (Å²) in [5.41, 5.74) is -0.798. The Kier molecular flexibility index (Phi) is 7.94. The molecule has 0 spiro atoms. The number of piperidine rings is 1. The van der Waals surface area contributed by atoms with E-state index < -0.39 is 11.9 Å². The average Bonchev–Trinajstić information content (AvgIpc) is 3.01. The molecule has 1 saturated heterocycles. The molecule has 1 atom stereocenters. The minimum absolute atomic E-state index is 0.0701. The summed E-state index contributed by atoms with van der Waals surface area (Å²) in [6.07, 6.45) is 1.81. The van der Waals surface area contributed by atoms with Crippen LogP contribution in [0.1, 0.15) is 50.8 Å². The van der Waals surface area contributed by atoms with Gasteiger partial charge in [-0.05, 0) is 32.7 Å². The van der Waals surface area contributed by atoms with Gasteiger partial charge in [0.25, 0.3) is 0 Å². The van der Waals surface area contributed by atoms with Crippen molar-refractivity contribution in [1.82, 2.24) is 25.3 Å². The standard InChI is InChI=1S/C18H31F3N6/c1-4-15-8-6-7-10-27(15)11-9-23-17(22-5-2)24-12-14-13-26(3)25-16(14)18(19,20)21/h13,15H,4-12H2,1-3H3,(H2,22,23,24). The van der Waals surface area contributed by atoms with Gasteiger partial charge in [0.2, 0.25) is 0 Å². The van der Waals surface area contributed by atoms with Gasteiger partial charge in [0.15, 0.2) is 11.7 Å². The molecule has 0 radical (unpaired) electrons. The molecule has 0 aliphatic carbocycles. The van der Waals surface area contributed by atoms with Crippen LogP contribution in [-0.4, -0.2) is 52.9 Å². The Balaban J connectivity index is 1.94. The van der Waals surface area contributed by atoms with Crippen LogP contribution in [0.3, 0.4) is 0 Å². The topological polar surface area (TPSA) is 57.5 Å². The summed E-state index contributed by atoms with van der Waals surface area (Å²) >= 11 is 0. The molecule has 0 amide bonds. The van der Waals surface area contributed by atoms with Gasteiger partial charge in [-0.3, -0.25) is 9.58 Å². The van der Waals surface area contributed by atoms with Crippen LogP contribution in [0.15, 0.2) is 11.2 Å². The predicted octanol–water partition coefficient (Wildman–Crippen LogP) is 2.76. The van der Waals surface area contributed by atoms with Gasteiger partial charge in [-0.1, -0.05) is 13.3 Å². The Bertz CT molecular complexity index is 611. The number of halogens is 3. The van der Waals surface area contributed by atoms with Crippen molar-refractivity contribution in [1.29, 1.82) is 0 Å². The van der Waals surface area contributed by atoms with Crippen LogP contribution < -0.4 is 10.6 Å². The molecule has 154 valence electrons. The lowest BCUT2D eigenvalue weighted by atomic mass is 10.0. The number of hydrogen-bond acceptors (Lipinski definition) is 3. The molecule has 0 bridgehead atoms. The molecule has 1 aliphatic rings. The van der Waals surface area contributed by atoms with Crippen LogP contribution in [0, 0.1) is 0 Å². The first-order chi connectivity index (χ1) is 12.8. The van der Waals surface area contributed by atoms with Gasteiger partial charge in [-0.15, -0.1) is 0 Å². The smallest absolute Gasteiger partial charge is 0.357 e. The molecule has 9 heteroatoms. The molecule has 6 nitrogen and oxygen atoms in total. The Labute approximate surface area is 159 Å². The van der Waals surface area contributed by atoms with Gasteiger partial charge in [0.1, 0.15) is 0 Å². The van der Waals surface area contributed by atoms with E-state index in [1.807, 2.05) is 6.92 Å². The van der Waals surface area contributed by atoms with Crippen LogP contribution in [0.4, 0.5) is 13.2 Å². The second-order valence-corrected chi connectivity index (χ2v) is 6.89. The van der Waals surface area contributed by atoms with E-state index in [1.54, 1.807) is 0 Å². The van der Waals surface area contributed by atoms with Crippen molar-refractivity contribution in [3.8, 4) is 0 Å². The van der Waals surface area contributed by atoms with Crippen molar-refractivity contribution in [2.24, 2.45) is 12.0 Å². The molecular weight excluding hydrogens is 357 g/mol. The number of guanidine groups is 1. The highest BCUT2D eigenvalue weighted by molar-refractivity contribution is 5.79. The normalized spacial score (nSPS) is 19.3. The van der Waals surface area contributed by atoms with Crippen LogP contribution in [0.2, 0.25) is 0 Å². The largest absolute Gasteiger partial charge is 0.435 e. The number of alkyl halides is 3. The number of aryl methyl sites for hydroxylation is 1. The number of rotatable bonds is 7. The molecule has 2 rings (SSSR count). The van der Waals surface area contributed by atoms with Crippen molar-refractivity contribution < 1.29 is 13.2 Å². The molecule has 0 saturated carbocycles. The summed E-state index contributed by atoms with van der Waals surface area (Å²) in [6, 6.07) is 0.629. The van der Waals surface area contributed by atoms with Gasteiger partial charge in [-0.25, -0.2) is 4.99 Å². The quantitative estimate of drug-likeness (QED) is 0.557. The van der Waals surface area contributed by atoms with Gasteiger partial charge >= 0.3 is 6.18 Å². The fourth-order valence-electron chi connectivity index (χ4n) is 3.53. The lowest BCUT2D eigenvalue weighted by molar-refractivity contribution is -0.142. The number of likely N-dealkylation sites (tertiary alicyclic amines) is 1. The Hall–Kier alpha value is -1.77. The van der Waals surface area contributed by atoms with E-state index in [0.29, 0.717) is 25.1 Å². The van der Waals surface area contributed by atoms with Gasteiger partial charge in [-0.2, -0.15) is 18.3 Å². The first kappa shape index (κ1) is 21.5. The van der Waals surface area contributed by atoms with E-state index in [9.17, 15) is 13.2 Å². The zero-order valence-electron chi connectivity index (χ0n) is 16.4. The molecule has 1 aromatic rings. The minimum Gasteiger partial charge on any atom is -0.357 e. The summed E-state index contributed by atoms with van der Waals surface area (Å²) < 4.78 is 40.3. The summed E-state index contributed by atoms with van der Waals surface area (Å²) in [6.45, 7) is 7.45. The molecule has 0 aromatic carbocycles. The summed E-state index contributed by atoms with van der Waals surface area (Å²) in [5.74, 6) is 0.527. The predicted molar refractivity (Wildman–Crippen MR) is 101 cm³/mol. The zero-order chi connectivity index (χ0) is 19.9. The lowest BCUT2D eigenvalue weighted by Crippen LogP contribution is -2.45. The van der Waals surface area contributed by atoms with E-state index in [-0.39, 0.29) is 12.1 Å². The third kappa shape index (κ3) is 6.41. The molecular formula is C18H31F3N6. The van der Waals surface area contributed by atoms with Crippen molar-refractivity contribution in [2.45, 2.75) is 58.3 Å². The average molecular weight is 388 g/mol. The Morgan fingerprint density at radius 3 is 2.74 bits per heavy atom. The molecule has 1 aromatic heterocycles. The fraction of sp³-hybridized carbons (Fsp3) is 0.778. The zero-order valence-corrected chi connectivity index (χ0v) is 16.4. The molecule has 27 heavy (non-hydrogen) atoms. The molecule has 2 N–H and O–H groups in total.